The molecule has 3 heterocycles. The Kier molecular flexibility index (Phi) is 6.07. The van der Waals surface area contributed by atoms with Crippen LogP contribution in [0.2, 0.25) is 0 Å². The largest absolute Gasteiger partial charge is 0.494 e. The van der Waals surface area contributed by atoms with Gasteiger partial charge in [0, 0.05) is 29.5 Å². The third kappa shape index (κ3) is 4.17. The lowest BCUT2D eigenvalue weighted by atomic mass is 10.00. The molecular weight excluding hydrogens is 440 g/mol. The Morgan fingerprint density at radius 3 is 2.38 bits per heavy atom. The van der Waals surface area contributed by atoms with Crippen LogP contribution in [0.1, 0.15) is 41.5 Å². The first kappa shape index (κ1) is 22.2. The van der Waals surface area contributed by atoms with Gasteiger partial charge in [-0.05, 0) is 105 Å². The van der Waals surface area contributed by atoms with Crippen LogP contribution in [0.5, 0.6) is 5.75 Å². The predicted molar refractivity (Wildman–Crippen MR) is 141 cm³/mol. The number of hydrogen-bond acceptors (Lipinski definition) is 3. The van der Waals surface area contributed by atoms with E-state index in [1.165, 1.54) is 11.1 Å². The highest BCUT2D eigenvalue weighted by molar-refractivity contribution is 7.80. The molecule has 0 amide bonds. The highest BCUT2D eigenvalue weighted by atomic mass is 32.1. The summed E-state index contributed by atoms with van der Waals surface area (Å²) in [5.41, 5.74) is 6.66. The molecule has 1 aliphatic rings. The Bertz CT molecular complexity index is 1280. The van der Waals surface area contributed by atoms with Crippen molar-refractivity contribution in [1.82, 2.24) is 14.9 Å². The average Bonchev–Trinajstić information content (AvgIpc) is 3.44. The SMILES string of the molecule is CCOc1ccc(-n2cccc2C2C(c3ccccn3)NC(=S)N2c2cc(C)cc(C)c2)cc1. The molecule has 2 atom stereocenters. The minimum absolute atomic E-state index is 0.0785. The van der Waals surface area contributed by atoms with E-state index >= 15 is 0 Å². The summed E-state index contributed by atoms with van der Waals surface area (Å²) in [6.45, 7) is 6.89. The molecule has 5 rings (SSSR count). The number of rotatable bonds is 6. The van der Waals surface area contributed by atoms with Gasteiger partial charge in [-0.25, -0.2) is 0 Å². The van der Waals surface area contributed by atoms with E-state index in [-0.39, 0.29) is 12.1 Å². The molecule has 0 spiro atoms. The first-order chi connectivity index (χ1) is 16.5. The highest BCUT2D eigenvalue weighted by Crippen LogP contribution is 2.42. The van der Waals surface area contributed by atoms with E-state index in [9.17, 15) is 0 Å². The van der Waals surface area contributed by atoms with Crippen molar-refractivity contribution in [2.45, 2.75) is 32.9 Å². The lowest BCUT2D eigenvalue weighted by molar-refractivity contribution is 0.340. The van der Waals surface area contributed by atoms with Crippen molar-refractivity contribution in [2.75, 3.05) is 11.5 Å². The lowest BCUT2D eigenvalue weighted by Crippen LogP contribution is -2.30. The second-order valence-electron chi connectivity index (χ2n) is 8.57. The number of pyridine rings is 1. The molecule has 0 aliphatic carbocycles. The monoisotopic (exact) mass is 468 g/mol. The maximum absolute atomic E-state index is 5.90. The zero-order chi connectivity index (χ0) is 23.7. The molecule has 34 heavy (non-hydrogen) atoms. The molecule has 0 saturated carbocycles. The van der Waals surface area contributed by atoms with Gasteiger partial charge in [-0.2, -0.15) is 0 Å². The van der Waals surface area contributed by atoms with E-state index in [1.807, 2.05) is 37.4 Å². The molecule has 1 aliphatic heterocycles. The summed E-state index contributed by atoms with van der Waals surface area (Å²) < 4.78 is 7.87. The number of nitrogens with zero attached hydrogens (tertiary/aromatic N) is 3. The van der Waals surface area contributed by atoms with Crippen molar-refractivity contribution in [3.8, 4) is 11.4 Å². The van der Waals surface area contributed by atoms with Crippen molar-refractivity contribution < 1.29 is 4.74 Å². The summed E-state index contributed by atoms with van der Waals surface area (Å²) >= 11 is 5.90. The predicted octanol–water partition coefficient (Wildman–Crippen LogP) is 6.06. The second kappa shape index (κ2) is 9.31. The molecule has 1 N–H and O–H groups in total. The van der Waals surface area contributed by atoms with E-state index in [1.54, 1.807) is 0 Å². The number of ether oxygens (including phenoxy) is 1. The van der Waals surface area contributed by atoms with Gasteiger partial charge in [0.2, 0.25) is 0 Å². The maximum atomic E-state index is 5.90. The van der Waals surface area contributed by atoms with Crippen molar-refractivity contribution in [1.29, 1.82) is 0 Å². The van der Waals surface area contributed by atoms with Gasteiger partial charge in [-0.15, -0.1) is 0 Å². The molecule has 0 bridgehead atoms. The molecule has 1 saturated heterocycles. The first-order valence-corrected chi connectivity index (χ1v) is 12.0. The van der Waals surface area contributed by atoms with Gasteiger partial charge in [-0.3, -0.25) is 4.98 Å². The van der Waals surface area contributed by atoms with Crippen molar-refractivity contribution in [3.05, 3.63) is 108 Å². The third-order valence-electron chi connectivity index (χ3n) is 6.09. The van der Waals surface area contributed by atoms with Crippen LogP contribution in [0.15, 0.2) is 85.2 Å². The fraction of sp³-hybridized carbons (Fsp3) is 0.214. The molecule has 1 fully saturated rings. The summed E-state index contributed by atoms with van der Waals surface area (Å²) in [5, 5.41) is 4.26. The number of aryl methyl sites for hydroxylation is 2. The van der Waals surface area contributed by atoms with E-state index in [0.717, 1.165) is 28.5 Å². The van der Waals surface area contributed by atoms with Crippen LogP contribution < -0.4 is 15.0 Å². The Hall–Kier alpha value is -3.64. The normalized spacial score (nSPS) is 17.6. The maximum Gasteiger partial charge on any atom is 0.174 e. The topological polar surface area (TPSA) is 42.3 Å². The van der Waals surface area contributed by atoms with E-state index < -0.39 is 0 Å². The van der Waals surface area contributed by atoms with E-state index in [0.29, 0.717) is 11.7 Å². The molecule has 6 heteroatoms. The summed E-state index contributed by atoms with van der Waals surface area (Å²) in [7, 11) is 0. The Morgan fingerprint density at radius 1 is 0.941 bits per heavy atom. The van der Waals surface area contributed by atoms with Crippen LogP contribution in [0.25, 0.3) is 5.69 Å². The van der Waals surface area contributed by atoms with Gasteiger partial charge in [-0.1, -0.05) is 12.1 Å². The Labute approximate surface area is 206 Å². The number of nitrogens with one attached hydrogen (secondary N) is 1. The molecule has 2 unspecified atom stereocenters. The summed E-state index contributed by atoms with van der Waals surface area (Å²) in [4.78, 5) is 6.91. The fourth-order valence-corrected chi connectivity index (χ4v) is 5.11. The molecule has 4 aromatic rings. The summed E-state index contributed by atoms with van der Waals surface area (Å²) in [6, 6.07) is 24.9. The number of hydrogen-bond donors (Lipinski definition) is 1. The molecule has 0 radical (unpaired) electrons. The zero-order valence-electron chi connectivity index (χ0n) is 19.6. The minimum atomic E-state index is -0.0918. The summed E-state index contributed by atoms with van der Waals surface area (Å²) in [6.07, 6.45) is 3.93. The smallest absolute Gasteiger partial charge is 0.174 e. The number of benzene rings is 2. The third-order valence-corrected chi connectivity index (χ3v) is 6.41. The Morgan fingerprint density at radius 2 is 1.71 bits per heavy atom. The molecule has 172 valence electrons. The van der Waals surface area contributed by atoms with Crippen LogP contribution >= 0.6 is 12.2 Å². The Balaban J connectivity index is 1.63. The fourth-order valence-electron chi connectivity index (χ4n) is 4.76. The van der Waals surface area contributed by atoms with Crippen molar-refractivity contribution >= 4 is 23.0 Å². The van der Waals surface area contributed by atoms with Crippen molar-refractivity contribution in [2.24, 2.45) is 0 Å². The highest BCUT2D eigenvalue weighted by Gasteiger charge is 2.42. The van der Waals surface area contributed by atoms with Crippen LogP contribution in [-0.2, 0) is 0 Å². The number of aromatic nitrogens is 2. The van der Waals surface area contributed by atoms with Crippen LogP contribution in [-0.4, -0.2) is 21.3 Å². The van der Waals surface area contributed by atoms with E-state index in [4.69, 9.17) is 17.0 Å². The van der Waals surface area contributed by atoms with Crippen LogP contribution in [0.3, 0.4) is 0 Å². The number of thiocarbonyl (C=S) groups is 1. The number of anilines is 1. The summed E-state index contributed by atoms with van der Waals surface area (Å²) in [5.74, 6) is 0.867. The lowest BCUT2D eigenvalue weighted by Gasteiger charge is -2.29. The van der Waals surface area contributed by atoms with E-state index in [2.05, 4.69) is 88.3 Å². The van der Waals surface area contributed by atoms with Gasteiger partial charge >= 0.3 is 0 Å². The molecule has 2 aromatic heterocycles. The first-order valence-electron chi connectivity index (χ1n) is 11.5. The average molecular weight is 469 g/mol. The molecular formula is C28H28N4OS. The van der Waals surface area contributed by atoms with Gasteiger partial charge in [0.15, 0.2) is 5.11 Å². The standard InChI is InChI=1S/C28H28N4OS/c1-4-33-23-12-10-21(11-13-23)31-15-7-9-25(31)27-26(24-8-5-6-14-29-24)30-28(34)32(27)22-17-19(2)16-20(3)18-22/h5-18,26-27H,4H2,1-3H3,(H,30,34). The van der Waals surface area contributed by atoms with Crippen LogP contribution in [0, 0.1) is 13.8 Å². The van der Waals surface area contributed by atoms with Gasteiger partial charge < -0.3 is 19.5 Å². The molecule has 2 aromatic carbocycles. The van der Waals surface area contributed by atoms with Crippen LogP contribution in [0.4, 0.5) is 5.69 Å². The van der Waals surface area contributed by atoms with Crippen molar-refractivity contribution in [3.63, 3.8) is 0 Å². The van der Waals surface area contributed by atoms with Gasteiger partial charge in [0.1, 0.15) is 11.8 Å². The minimum Gasteiger partial charge on any atom is -0.494 e. The second-order valence-corrected chi connectivity index (χ2v) is 8.96. The zero-order valence-corrected chi connectivity index (χ0v) is 20.4. The molecule has 5 nitrogen and oxygen atoms in total. The van der Waals surface area contributed by atoms with Gasteiger partial charge in [0.25, 0.3) is 0 Å². The quantitative estimate of drug-likeness (QED) is 0.348. The van der Waals surface area contributed by atoms with Gasteiger partial charge in [0.05, 0.1) is 18.3 Å².